The molecule has 0 aliphatic heterocycles. The van der Waals surface area contributed by atoms with Crippen LogP contribution in [0.25, 0.3) is 0 Å². The maximum Gasteiger partial charge on any atom is 0.408 e. The van der Waals surface area contributed by atoms with Crippen molar-refractivity contribution in [2.75, 3.05) is 13.6 Å². The molecule has 7 rings (SSSR count). The zero-order valence-electron chi connectivity index (χ0n) is 35.4. The van der Waals surface area contributed by atoms with Crippen LogP contribution in [0.3, 0.4) is 0 Å². The maximum atomic E-state index is 14.9. The molecule has 0 saturated carbocycles. The van der Waals surface area contributed by atoms with Gasteiger partial charge in [0.1, 0.15) is 24.2 Å². The van der Waals surface area contributed by atoms with Crippen LogP contribution in [0.15, 0.2) is 195 Å². The van der Waals surface area contributed by atoms with Gasteiger partial charge in [0.25, 0.3) is 0 Å². The quantitative estimate of drug-likeness (QED) is 0.0895. The van der Waals surface area contributed by atoms with Gasteiger partial charge in [-0.05, 0) is 33.4 Å². The van der Waals surface area contributed by atoms with E-state index in [2.05, 4.69) is 65.4 Å². The zero-order chi connectivity index (χ0) is 43.4. The highest BCUT2D eigenvalue weighted by Gasteiger charge is 2.39. The van der Waals surface area contributed by atoms with Crippen LogP contribution < -0.4 is 10.6 Å². The molecule has 0 spiro atoms. The van der Waals surface area contributed by atoms with Gasteiger partial charge >= 0.3 is 6.09 Å². The number of carbonyl (C=O) groups excluding carboxylic acids is 3. The standard InChI is InChI=1S/C53H53N5O4/c1-52(2,42-26-14-6-15-27-42)38-54-49(59)48(34-40-22-10-4-11-23-40)57(3)50(60)47(56-51(61)62-37-41-24-12-5-13-25-41)35-46-36-58(39-55-46)53(43-28-16-7-17-29-43,44-30-18-8-19-31-44)45-32-20-9-21-33-45/h4-33,36,39,47-48H,34-35,37-38H2,1-3H3,(H,54,59)(H,56,61)/t47-,48+/m0/s1. The Hall–Kier alpha value is -7.26. The fourth-order valence-corrected chi connectivity index (χ4v) is 8.01. The summed E-state index contributed by atoms with van der Waals surface area (Å²) in [6.07, 6.45) is 3.23. The van der Waals surface area contributed by atoms with Gasteiger partial charge < -0.3 is 24.8 Å². The number of nitrogens with one attached hydrogen (secondary N) is 2. The van der Waals surface area contributed by atoms with Crippen molar-refractivity contribution in [2.45, 2.75) is 56.3 Å². The Morgan fingerprint density at radius 3 is 1.58 bits per heavy atom. The average molecular weight is 824 g/mol. The van der Waals surface area contributed by atoms with Gasteiger partial charge in [0.2, 0.25) is 11.8 Å². The molecule has 1 heterocycles. The first-order chi connectivity index (χ1) is 30.1. The Kier molecular flexibility index (Phi) is 13.7. The van der Waals surface area contributed by atoms with Crippen LogP contribution in [-0.4, -0.2) is 58.0 Å². The fourth-order valence-electron chi connectivity index (χ4n) is 8.01. The molecule has 0 saturated heterocycles. The molecule has 0 aliphatic carbocycles. The first kappa shape index (κ1) is 42.8. The van der Waals surface area contributed by atoms with Gasteiger partial charge in [0, 0.05) is 38.0 Å². The average Bonchev–Trinajstić information content (AvgIpc) is 3.79. The lowest BCUT2D eigenvalue weighted by Crippen LogP contribution is -2.56. The molecule has 0 radical (unpaired) electrons. The molecular formula is C53H53N5O4. The summed E-state index contributed by atoms with van der Waals surface area (Å²) in [4.78, 5) is 49.2. The van der Waals surface area contributed by atoms with Gasteiger partial charge in [-0.2, -0.15) is 0 Å². The summed E-state index contributed by atoms with van der Waals surface area (Å²) in [6, 6.07) is 57.7. The maximum absolute atomic E-state index is 14.9. The third-order valence-corrected chi connectivity index (χ3v) is 11.5. The van der Waals surface area contributed by atoms with Crippen LogP contribution in [0, 0.1) is 0 Å². The van der Waals surface area contributed by atoms with E-state index in [1.807, 2.05) is 152 Å². The summed E-state index contributed by atoms with van der Waals surface area (Å²) in [5.41, 5.74) is 5.16. The van der Waals surface area contributed by atoms with Crippen LogP contribution in [0.1, 0.15) is 52.9 Å². The Balaban J connectivity index is 1.22. The van der Waals surface area contributed by atoms with Crippen molar-refractivity contribution in [2.24, 2.45) is 0 Å². The summed E-state index contributed by atoms with van der Waals surface area (Å²) in [7, 11) is 1.62. The number of benzene rings is 6. The number of nitrogens with zero attached hydrogens (tertiary/aromatic N) is 3. The summed E-state index contributed by atoms with van der Waals surface area (Å²) in [5, 5.41) is 6.01. The number of hydrogen-bond donors (Lipinski definition) is 2. The second-order valence-corrected chi connectivity index (χ2v) is 16.2. The van der Waals surface area contributed by atoms with E-state index in [0.717, 1.165) is 33.4 Å². The van der Waals surface area contributed by atoms with Gasteiger partial charge in [0.15, 0.2) is 0 Å². The molecule has 0 aliphatic rings. The Morgan fingerprint density at radius 2 is 1.08 bits per heavy atom. The first-order valence-corrected chi connectivity index (χ1v) is 21.0. The molecule has 62 heavy (non-hydrogen) atoms. The summed E-state index contributed by atoms with van der Waals surface area (Å²) in [5.74, 6) is -0.767. The van der Waals surface area contributed by atoms with Crippen molar-refractivity contribution in [3.05, 3.63) is 234 Å². The molecule has 3 amide bonds. The molecule has 2 N–H and O–H groups in total. The van der Waals surface area contributed by atoms with E-state index in [1.165, 1.54) is 4.90 Å². The topological polar surface area (TPSA) is 106 Å². The molecule has 0 fully saturated rings. The number of aromatic nitrogens is 2. The predicted octanol–water partition coefficient (Wildman–Crippen LogP) is 8.72. The highest BCUT2D eigenvalue weighted by Crippen LogP contribution is 2.41. The fraction of sp³-hybridized carbons (Fsp3) is 0.208. The van der Waals surface area contributed by atoms with Crippen LogP contribution in [0.4, 0.5) is 4.79 Å². The van der Waals surface area contributed by atoms with Crippen molar-refractivity contribution >= 4 is 17.9 Å². The molecule has 314 valence electrons. The number of ether oxygens (including phenoxy) is 1. The summed E-state index contributed by atoms with van der Waals surface area (Å²) >= 11 is 0. The smallest absolute Gasteiger partial charge is 0.408 e. The molecule has 1 aromatic heterocycles. The van der Waals surface area contributed by atoms with Crippen molar-refractivity contribution in [3.63, 3.8) is 0 Å². The van der Waals surface area contributed by atoms with Crippen LogP contribution in [0.2, 0.25) is 0 Å². The Labute approximate surface area is 364 Å². The molecule has 7 aromatic rings. The minimum absolute atomic E-state index is 0.0159. The van der Waals surface area contributed by atoms with E-state index in [4.69, 9.17) is 9.72 Å². The van der Waals surface area contributed by atoms with Crippen LogP contribution in [0.5, 0.6) is 0 Å². The van der Waals surface area contributed by atoms with E-state index in [0.29, 0.717) is 12.2 Å². The lowest BCUT2D eigenvalue weighted by atomic mass is 9.77. The summed E-state index contributed by atoms with van der Waals surface area (Å²) < 4.78 is 7.73. The first-order valence-electron chi connectivity index (χ1n) is 21.0. The van der Waals surface area contributed by atoms with Crippen LogP contribution in [-0.2, 0) is 44.7 Å². The van der Waals surface area contributed by atoms with Gasteiger partial charge in [-0.15, -0.1) is 0 Å². The second-order valence-electron chi connectivity index (χ2n) is 16.2. The largest absolute Gasteiger partial charge is 0.445 e. The molecule has 0 bridgehead atoms. The van der Waals surface area contributed by atoms with Gasteiger partial charge in [-0.1, -0.05) is 196 Å². The van der Waals surface area contributed by atoms with Crippen molar-refractivity contribution in [1.82, 2.24) is 25.1 Å². The zero-order valence-corrected chi connectivity index (χ0v) is 35.4. The highest BCUT2D eigenvalue weighted by atomic mass is 16.5. The van der Waals surface area contributed by atoms with E-state index >= 15 is 0 Å². The molecule has 0 unspecified atom stereocenters. The number of rotatable bonds is 17. The van der Waals surface area contributed by atoms with E-state index in [9.17, 15) is 14.4 Å². The number of amides is 3. The lowest BCUT2D eigenvalue weighted by molar-refractivity contribution is -0.140. The van der Waals surface area contributed by atoms with Crippen molar-refractivity contribution < 1.29 is 19.1 Å². The predicted molar refractivity (Wildman–Crippen MR) is 243 cm³/mol. The normalized spacial score (nSPS) is 12.4. The van der Waals surface area contributed by atoms with E-state index in [-0.39, 0.29) is 30.8 Å². The van der Waals surface area contributed by atoms with Crippen molar-refractivity contribution in [3.8, 4) is 0 Å². The molecule has 9 nitrogen and oxygen atoms in total. The van der Waals surface area contributed by atoms with Gasteiger partial charge in [-0.3, -0.25) is 9.59 Å². The number of alkyl carbamates (subject to hydrolysis) is 1. The van der Waals surface area contributed by atoms with Crippen molar-refractivity contribution in [1.29, 1.82) is 0 Å². The second kappa shape index (κ2) is 19.9. The third-order valence-electron chi connectivity index (χ3n) is 11.5. The Morgan fingerprint density at radius 1 is 0.629 bits per heavy atom. The third kappa shape index (κ3) is 10.0. The summed E-state index contributed by atoms with van der Waals surface area (Å²) in [6.45, 7) is 4.51. The molecule has 6 aromatic carbocycles. The molecule has 2 atom stereocenters. The van der Waals surface area contributed by atoms with Gasteiger partial charge in [0.05, 0.1) is 12.0 Å². The number of carbonyl (C=O) groups is 3. The molecular weight excluding hydrogens is 771 g/mol. The molecule has 9 heteroatoms. The number of likely N-dealkylation sites (N-methyl/N-ethyl adjacent to an activating group) is 1. The lowest BCUT2D eigenvalue weighted by Gasteiger charge is -2.37. The Bertz CT molecular complexity index is 2400. The highest BCUT2D eigenvalue weighted by molar-refractivity contribution is 5.91. The monoisotopic (exact) mass is 823 g/mol. The van der Waals surface area contributed by atoms with E-state index in [1.54, 1.807) is 13.4 Å². The minimum atomic E-state index is -1.14. The van der Waals surface area contributed by atoms with E-state index < -0.39 is 29.6 Å². The SMILES string of the molecule is CN(C(=O)[C@H](Cc1cn(C(c2ccccc2)(c2ccccc2)c2ccccc2)cn1)NC(=O)OCc1ccccc1)[C@H](Cc1ccccc1)C(=O)NCC(C)(C)c1ccccc1. The van der Waals surface area contributed by atoms with Gasteiger partial charge in [-0.25, -0.2) is 9.78 Å². The minimum Gasteiger partial charge on any atom is -0.445 e. The van der Waals surface area contributed by atoms with Crippen LogP contribution >= 0.6 is 0 Å². The number of imidazole rings is 1. The number of hydrogen-bond acceptors (Lipinski definition) is 5.